The van der Waals surface area contributed by atoms with Crippen LogP contribution in [0.25, 0.3) is 11.0 Å². The van der Waals surface area contributed by atoms with Crippen LogP contribution in [0.1, 0.15) is 11.1 Å². The van der Waals surface area contributed by atoms with Gasteiger partial charge in [-0.05, 0) is 49.2 Å². The number of hydrogen-bond acceptors (Lipinski definition) is 7. The standard InChI is InChI=1S/C22H21NO7/c1-13-4-7-18(27-3)17(8-13)23-20(24)11-29-22(26)12-28-15-5-6-16-14(2)9-21(25)30-19(16)10-15/h4-10H,11-12H2,1-3H3,(H,23,24). The van der Waals surface area contributed by atoms with Gasteiger partial charge in [0.2, 0.25) is 0 Å². The van der Waals surface area contributed by atoms with Crippen LogP contribution < -0.4 is 20.4 Å². The van der Waals surface area contributed by atoms with Crippen LogP contribution in [-0.4, -0.2) is 32.2 Å². The van der Waals surface area contributed by atoms with E-state index in [0.29, 0.717) is 22.8 Å². The van der Waals surface area contributed by atoms with Crippen LogP contribution in [0.3, 0.4) is 0 Å². The van der Waals surface area contributed by atoms with E-state index >= 15 is 0 Å². The molecular weight excluding hydrogens is 390 g/mol. The van der Waals surface area contributed by atoms with Crippen molar-refractivity contribution in [1.29, 1.82) is 0 Å². The Hall–Kier alpha value is -3.81. The van der Waals surface area contributed by atoms with Gasteiger partial charge < -0.3 is 23.9 Å². The van der Waals surface area contributed by atoms with Crippen molar-refractivity contribution < 1.29 is 28.2 Å². The van der Waals surface area contributed by atoms with Crippen molar-refractivity contribution in [3.63, 3.8) is 0 Å². The lowest BCUT2D eigenvalue weighted by Crippen LogP contribution is -2.23. The van der Waals surface area contributed by atoms with Crippen LogP contribution in [0.2, 0.25) is 0 Å². The zero-order valence-electron chi connectivity index (χ0n) is 16.8. The van der Waals surface area contributed by atoms with E-state index < -0.39 is 30.7 Å². The van der Waals surface area contributed by atoms with Crippen LogP contribution in [0.4, 0.5) is 5.69 Å². The van der Waals surface area contributed by atoms with Gasteiger partial charge in [-0.1, -0.05) is 6.07 Å². The van der Waals surface area contributed by atoms with Crippen molar-refractivity contribution in [2.24, 2.45) is 0 Å². The highest BCUT2D eigenvalue weighted by atomic mass is 16.6. The van der Waals surface area contributed by atoms with Gasteiger partial charge in [0, 0.05) is 17.5 Å². The number of rotatable bonds is 7. The van der Waals surface area contributed by atoms with Gasteiger partial charge in [0.05, 0.1) is 12.8 Å². The predicted molar refractivity (Wildman–Crippen MR) is 110 cm³/mol. The molecule has 3 rings (SSSR count). The number of fused-ring (bicyclic) bond motifs is 1. The molecule has 0 unspecified atom stereocenters. The van der Waals surface area contributed by atoms with E-state index in [1.165, 1.54) is 19.2 Å². The van der Waals surface area contributed by atoms with Gasteiger partial charge in [-0.25, -0.2) is 9.59 Å². The van der Waals surface area contributed by atoms with E-state index in [1.54, 1.807) is 31.2 Å². The van der Waals surface area contributed by atoms with Crippen molar-refractivity contribution in [3.05, 3.63) is 64.0 Å². The van der Waals surface area contributed by atoms with Crippen molar-refractivity contribution in [3.8, 4) is 11.5 Å². The first-order valence-electron chi connectivity index (χ1n) is 9.13. The third kappa shape index (κ3) is 5.16. The van der Waals surface area contributed by atoms with Crippen LogP contribution in [0.15, 0.2) is 51.7 Å². The number of amides is 1. The molecule has 0 aliphatic carbocycles. The fourth-order valence-electron chi connectivity index (χ4n) is 2.83. The molecule has 0 atom stereocenters. The maximum Gasteiger partial charge on any atom is 0.344 e. The summed E-state index contributed by atoms with van der Waals surface area (Å²) >= 11 is 0. The van der Waals surface area contributed by atoms with Gasteiger partial charge in [0.25, 0.3) is 5.91 Å². The predicted octanol–water partition coefficient (Wildman–Crippen LogP) is 2.98. The number of nitrogens with one attached hydrogen (secondary N) is 1. The molecule has 0 aliphatic heterocycles. The Morgan fingerprint density at radius 2 is 1.83 bits per heavy atom. The molecule has 0 saturated heterocycles. The molecule has 30 heavy (non-hydrogen) atoms. The first-order chi connectivity index (χ1) is 14.4. The molecule has 8 nitrogen and oxygen atoms in total. The topological polar surface area (TPSA) is 104 Å². The molecule has 1 heterocycles. The molecule has 1 amide bonds. The van der Waals surface area contributed by atoms with Gasteiger partial charge in [0.1, 0.15) is 17.1 Å². The Morgan fingerprint density at radius 3 is 2.60 bits per heavy atom. The number of esters is 1. The summed E-state index contributed by atoms with van der Waals surface area (Å²) in [6.45, 7) is 2.81. The van der Waals surface area contributed by atoms with Gasteiger partial charge in [-0.3, -0.25) is 4.79 Å². The molecule has 8 heteroatoms. The second-order valence-electron chi connectivity index (χ2n) is 6.61. The van der Waals surface area contributed by atoms with Gasteiger partial charge >= 0.3 is 11.6 Å². The van der Waals surface area contributed by atoms with E-state index in [1.807, 2.05) is 13.0 Å². The van der Waals surface area contributed by atoms with Gasteiger partial charge in [-0.15, -0.1) is 0 Å². The zero-order valence-corrected chi connectivity index (χ0v) is 16.8. The summed E-state index contributed by atoms with van der Waals surface area (Å²) in [6, 6.07) is 11.6. The summed E-state index contributed by atoms with van der Waals surface area (Å²) in [6.07, 6.45) is 0. The quantitative estimate of drug-likeness (QED) is 0.471. The number of ether oxygens (including phenoxy) is 3. The molecular formula is C22H21NO7. The number of benzene rings is 2. The average Bonchev–Trinajstić information content (AvgIpc) is 2.70. The van der Waals surface area contributed by atoms with Crippen molar-refractivity contribution in [1.82, 2.24) is 0 Å². The number of carbonyl (C=O) groups is 2. The molecule has 3 aromatic rings. The zero-order chi connectivity index (χ0) is 21.7. The lowest BCUT2D eigenvalue weighted by molar-refractivity contribution is -0.149. The minimum absolute atomic E-state index is 0.335. The second-order valence-corrected chi connectivity index (χ2v) is 6.61. The van der Waals surface area contributed by atoms with E-state index in [4.69, 9.17) is 18.6 Å². The third-order valence-electron chi connectivity index (χ3n) is 4.27. The molecule has 0 fully saturated rings. The Labute approximate surface area is 172 Å². The Morgan fingerprint density at radius 1 is 1.03 bits per heavy atom. The number of hydrogen-bond donors (Lipinski definition) is 1. The van der Waals surface area contributed by atoms with Crippen molar-refractivity contribution in [2.45, 2.75) is 13.8 Å². The fraction of sp³-hybridized carbons (Fsp3) is 0.227. The summed E-state index contributed by atoms with van der Waals surface area (Å²) in [5, 5.41) is 3.41. The molecule has 0 radical (unpaired) electrons. The molecule has 0 bridgehead atoms. The smallest absolute Gasteiger partial charge is 0.344 e. The lowest BCUT2D eigenvalue weighted by Gasteiger charge is -2.11. The number of anilines is 1. The average molecular weight is 411 g/mol. The van der Waals surface area contributed by atoms with Crippen LogP contribution >= 0.6 is 0 Å². The maximum absolute atomic E-state index is 12.1. The first kappa shape index (κ1) is 20.9. The number of aryl methyl sites for hydroxylation is 2. The Balaban J connectivity index is 1.52. The molecule has 0 saturated carbocycles. The molecule has 1 N–H and O–H groups in total. The summed E-state index contributed by atoms with van der Waals surface area (Å²) in [7, 11) is 1.50. The molecule has 1 aromatic heterocycles. The van der Waals surface area contributed by atoms with Gasteiger partial charge in [0.15, 0.2) is 13.2 Å². The van der Waals surface area contributed by atoms with E-state index in [-0.39, 0.29) is 0 Å². The highest BCUT2D eigenvalue weighted by Gasteiger charge is 2.12. The fourth-order valence-corrected chi connectivity index (χ4v) is 2.83. The SMILES string of the molecule is COc1ccc(C)cc1NC(=O)COC(=O)COc1ccc2c(C)cc(=O)oc2c1. The molecule has 156 valence electrons. The second kappa shape index (κ2) is 9.13. The largest absolute Gasteiger partial charge is 0.495 e. The molecule has 0 aliphatic rings. The molecule has 2 aromatic carbocycles. The number of methoxy groups -OCH3 is 1. The lowest BCUT2D eigenvalue weighted by atomic mass is 10.1. The minimum Gasteiger partial charge on any atom is -0.495 e. The summed E-state index contributed by atoms with van der Waals surface area (Å²) in [4.78, 5) is 35.4. The normalized spacial score (nSPS) is 10.5. The van der Waals surface area contributed by atoms with E-state index in [9.17, 15) is 14.4 Å². The summed E-state index contributed by atoms with van der Waals surface area (Å²) in [5.41, 5.74) is 2.11. The maximum atomic E-state index is 12.1. The van der Waals surface area contributed by atoms with Crippen LogP contribution in [0.5, 0.6) is 11.5 Å². The summed E-state index contributed by atoms with van der Waals surface area (Å²) in [5.74, 6) is -0.383. The van der Waals surface area contributed by atoms with E-state index in [2.05, 4.69) is 5.32 Å². The van der Waals surface area contributed by atoms with E-state index in [0.717, 1.165) is 16.5 Å². The van der Waals surface area contributed by atoms with Crippen LogP contribution in [0, 0.1) is 13.8 Å². The number of carbonyl (C=O) groups excluding carboxylic acids is 2. The third-order valence-corrected chi connectivity index (χ3v) is 4.27. The molecule has 0 spiro atoms. The minimum atomic E-state index is -0.716. The van der Waals surface area contributed by atoms with Gasteiger partial charge in [-0.2, -0.15) is 0 Å². The highest BCUT2D eigenvalue weighted by molar-refractivity contribution is 5.94. The monoisotopic (exact) mass is 411 g/mol. The van der Waals surface area contributed by atoms with Crippen molar-refractivity contribution in [2.75, 3.05) is 25.6 Å². The Bertz CT molecular complexity index is 1150. The highest BCUT2D eigenvalue weighted by Crippen LogP contribution is 2.25. The summed E-state index contributed by atoms with van der Waals surface area (Å²) < 4.78 is 20.6. The first-order valence-corrected chi connectivity index (χ1v) is 9.13. The van der Waals surface area contributed by atoms with Crippen molar-refractivity contribution >= 4 is 28.5 Å². The Kier molecular flexibility index (Phi) is 6.36. The van der Waals surface area contributed by atoms with Crippen LogP contribution in [-0.2, 0) is 14.3 Å².